The number of hydrogen-bond donors (Lipinski definition) is 3. The fourth-order valence-electron chi connectivity index (χ4n) is 2.43. The first-order chi connectivity index (χ1) is 12.8. The number of guanidine groups is 1. The Morgan fingerprint density at radius 3 is 2.70 bits per heavy atom. The average molecular weight is 494 g/mol. The molecule has 6 nitrogen and oxygen atoms in total. The number of rotatable bonds is 7. The molecule has 0 fully saturated rings. The second-order valence-electron chi connectivity index (χ2n) is 5.55. The highest BCUT2D eigenvalue weighted by atomic mass is 127. The molecule has 2 aromatic carbocycles. The van der Waals surface area contributed by atoms with Crippen LogP contribution in [0, 0.1) is 0 Å². The Morgan fingerprint density at radius 2 is 1.96 bits per heavy atom. The molecule has 0 radical (unpaired) electrons. The van der Waals surface area contributed by atoms with Gasteiger partial charge in [0.15, 0.2) is 11.8 Å². The standard InChI is InChI=1S/C19H22N6S.HI/c1-20-19(21-10-11-26-17-8-3-2-4-9-17)22-13-15-6-5-7-16(12-15)18-23-14-24-25-18;/h2-9,12,14H,10-11,13H2,1H3,(H2,20,21,22)(H,23,24,25);1H. The third-order valence-electron chi connectivity index (χ3n) is 3.71. The maximum atomic E-state index is 4.28. The predicted molar refractivity (Wildman–Crippen MR) is 123 cm³/mol. The number of aromatic nitrogens is 3. The predicted octanol–water partition coefficient (Wildman–Crippen LogP) is 3.55. The quantitative estimate of drug-likeness (QED) is 0.154. The molecule has 0 amide bonds. The summed E-state index contributed by atoms with van der Waals surface area (Å²) in [4.78, 5) is 9.74. The van der Waals surface area contributed by atoms with E-state index in [-0.39, 0.29) is 24.0 Å². The van der Waals surface area contributed by atoms with Crippen LogP contribution >= 0.6 is 35.7 Å². The summed E-state index contributed by atoms with van der Waals surface area (Å²) in [6.45, 7) is 1.53. The summed E-state index contributed by atoms with van der Waals surface area (Å²) in [5.41, 5.74) is 2.17. The van der Waals surface area contributed by atoms with Crippen molar-refractivity contribution >= 4 is 41.7 Å². The van der Waals surface area contributed by atoms with E-state index >= 15 is 0 Å². The summed E-state index contributed by atoms with van der Waals surface area (Å²) in [5, 5.41) is 13.5. The van der Waals surface area contributed by atoms with E-state index < -0.39 is 0 Å². The van der Waals surface area contributed by atoms with Crippen LogP contribution in [0.3, 0.4) is 0 Å². The van der Waals surface area contributed by atoms with Gasteiger partial charge < -0.3 is 10.6 Å². The molecule has 0 spiro atoms. The van der Waals surface area contributed by atoms with Crippen molar-refractivity contribution in [2.75, 3.05) is 19.3 Å². The summed E-state index contributed by atoms with van der Waals surface area (Å²) in [6.07, 6.45) is 1.51. The van der Waals surface area contributed by atoms with Gasteiger partial charge in [0.2, 0.25) is 0 Å². The molecule has 0 aliphatic rings. The number of benzene rings is 2. The maximum absolute atomic E-state index is 4.28. The van der Waals surface area contributed by atoms with Gasteiger partial charge in [0, 0.05) is 36.3 Å². The van der Waals surface area contributed by atoms with Crippen molar-refractivity contribution < 1.29 is 0 Å². The molecule has 0 atom stereocenters. The Kier molecular flexibility index (Phi) is 9.12. The van der Waals surface area contributed by atoms with Gasteiger partial charge in [-0.2, -0.15) is 5.10 Å². The Bertz CT molecular complexity index is 823. The minimum Gasteiger partial charge on any atom is -0.356 e. The molecule has 1 aromatic heterocycles. The zero-order valence-electron chi connectivity index (χ0n) is 15.1. The van der Waals surface area contributed by atoms with Gasteiger partial charge in [-0.1, -0.05) is 36.4 Å². The molecule has 3 rings (SSSR count). The summed E-state index contributed by atoms with van der Waals surface area (Å²) >= 11 is 1.83. The second-order valence-corrected chi connectivity index (χ2v) is 6.72. The first kappa shape index (κ1) is 21.2. The number of hydrogen-bond acceptors (Lipinski definition) is 4. The summed E-state index contributed by atoms with van der Waals surface area (Å²) in [6, 6.07) is 18.6. The maximum Gasteiger partial charge on any atom is 0.191 e. The molecule has 0 saturated carbocycles. The van der Waals surface area contributed by atoms with Crippen LogP contribution in [0.2, 0.25) is 0 Å². The van der Waals surface area contributed by atoms with Gasteiger partial charge in [0.25, 0.3) is 0 Å². The summed E-state index contributed by atoms with van der Waals surface area (Å²) in [7, 11) is 1.78. The average Bonchev–Trinajstić information content (AvgIpc) is 3.23. The van der Waals surface area contributed by atoms with Crippen molar-refractivity contribution in [2.45, 2.75) is 11.4 Å². The lowest BCUT2D eigenvalue weighted by molar-refractivity contribution is 0.833. The molecule has 3 N–H and O–H groups in total. The Labute approximate surface area is 180 Å². The smallest absolute Gasteiger partial charge is 0.191 e. The largest absolute Gasteiger partial charge is 0.356 e. The van der Waals surface area contributed by atoms with Gasteiger partial charge in [0.1, 0.15) is 6.33 Å². The molecular formula is C19H23IN6S. The molecule has 3 aromatic rings. The lowest BCUT2D eigenvalue weighted by atomic mass is 10.1. The SMILES string of the molecule is CN=C(NCCSc1ccccc1)NCc1cccc(-c2ncn[nH]2)c1.I. The van der Waals surface area contributed by atoms with E-state index in [0.717, 1.165) is 35.2 Å². The fraction of sp³-hybridized carbons (Fsp3) is 0.211. The minimum atomic E-state index is 0. The van der Waals surface area contributed by atoms with E-state index in [1.165, 1.54) is 11.2 Å². The second kappa shape index (κ2) is 11.6. The van der Waals surface area contributed by atoms with Crippen LogP contribution in [-0.2, 0) is 6.54 Å². The molecular weight excluding hydrogens is 471 g/mol. The minimum absolute atomic E-state index is 0. The molecule has 27 heavy (non-hydrogen) atoms. The highest BCUT2D eigenvalue weighted by Crippen LogP contribution is 2.16. The fourth-order valence-corrected chi connectivity index (χ4v) is 3.22. The van der Waals surface area contributed by atoms with Crippen LogP contribution in [0.15, 0.2) is 70.8 Å². The van der Waals surface area contributed by atoms with Gasteiger partial charge in [-0.25, -0.2) is 4.98 Å². The van der Waals surface area contributed by atoms with Gasteiger partial charge in [-0.05, 0) is 23.8 Å². The van der Waals surface area contributed by atoms with Crippen molar-refractivity contribution in [3.8, 4) is 11.4 Å². The number of nitrogens with one attached hydrogen (secondary N) is 3. The van der Waals surface area contributed by atoms with E-state index in [9.17, 15) is 0 Å². The van der Waals surface area contributed by atoms with E-state index in [1.54, 1.807) is 7.05 Å². The highest BCUT2D eigenvalue weighted by molar-refractivity contribution is 14.0. The Hall–Kier alpha value is -2.07. The zero-order chi connectivity index (χ0) is 18.0. The molecule has 0 aliphatic heterocycles. The highest BCUT2D eigenvalue weighted by Gasteiger charge is 2.03. The molecule has 1 heterocycles. The number of nitrogens with zero attached hydrogens (tertiary/aromatic N) is 3. The van der Waals surface area contributed by atoms with Crippen LogP contribution in [0.5, 0.6) is 0 Å². The first-order valence-corrected chi connectivity index (χ1v) is 9.41. The van der Waals surface area contributed by atoms with E-state index in [4.69, 9.17) is 0 Å². The van der Waals surface area contributed by atoms with E-state index in [1.807, 2.05) is 30.0 Å². The van der Waals surface area contributed by atoms with E-state index in [2.05, 4.69) is 67.2 Å². The molecule has 8 heteroatoms. The Morgan fingerprint density at radius 1 is 1.11 bits per heavy atom. The number of thioether (sulfide) groups is 1. The van der Waals surface area contributed by atoms with Gasteiger partial charge in [-0.15, -0.1) is 35.7 Å². The number of halogens is 1. The van der Waals surface area contributed by atoms with Crippen molar-refractivity contribution in [2.24, 2.45) is 4.99 Å². The number of H-pyrrole nitrogens is 1. The van der Waals surface area contributed by atoms with Gasteiger partial charge in [-0.3, -0.25) is 10.1 Å². The monoisotopic (exact) mass is 494 g/mol. The summed E-state index contributed by atoms with van der Waals surface area (Å²) in [5.74, 6) is 2.54. The van der Waals surface area contributed by atoms with Gasteiger partial charge >= 0.3 is 0 Å². The molecule has 0 aliphatic carbocycles. The van der Waals surface area contributed by atoms with Crippen LogP contribution in [0.25, 0.3) is 11.4 Å². The van der Waals surface area contributed by atoms with Crippen molar-refractivity contribution in [1.82, 2.24) is 25.8 Å². The zero-order valence-corrected chi connectivity index (χ0v) is 18.2. The van der Waals surface area contributed by atoms with E-state index in [0.29, 0.717) is 6.54 Å². The van der Waals surface area contributed by atoms with Crippen molar-refractivity contribution in [3.05, 3.63) is 66.5 Å². The van der Waals surface area contributed by atoms with Crippen LogP contribution < -0.4 is 10.6 Å². The topological polar surface area (TPSA) is 78.0 Å². The molecule has 0 unspecified atom stereocenters. The van der Waals surface area contributed by atoms with Gasteiger partial charge in [0.05, 0.1) is 0 Å². The van der Waals surface area contributed by atoms with Crippen molar-refractivity contribution in [1.29, 1.82) is 0 Å². The Balaban J connectivity index is 0.00000261. The first-order valence-electron chi connectivity index (χ1n) is 8.42. The third-order valence-corrected chi connectivity index (χ3v) is 4.72. The molecule has 0 bridgehead atoms. The van der Waals surface area contributed by atoms with Crippen LogP contribution in [0.4, 0.5) is 0 Å². The molecule has 142 valence electrons. The number of aliphatic imine (C=N–C) groups is 1. The third kappa shape index (κ3) is 6.87. The van der Waals surface area contributed by atoms with Crippen LogP contribution in [0.1, 0.15) is 5.56 Å². The van der Waals surface area contributed by atoms with Crippen molar-refractivity contribution in [3.63, 3.8) is 0 Å². The summed E-state index contributed by atoms with van der Waals surface area (Å²) < 4.78 is 0. The molecule has 0 saturated heterocycles. The lowest BCUT2D eigenvalue weighted by Crippen LogP contribution is -2.37. The lowest BCUT2D eigenvalue weighted by Gasteiger charge is -2.12. The number of aromatic amines is 1. The van der Waals surface area contributed by atoms with Crippen LogP contribution in [-0.4, -0.2) is 40.5 Å². The normalized spacial score (nSPS) is 10.9.